The first-order chi connectivity index (χ1) is 8.24. The number of alkyl halides is 5. The van der Waals surface area contributed by atoms with Crippen LogP contribution in [0, 0.1) is 5.92 Å². The third kappa shape index (κ3) is 4.35. The van der Waals surface area contributed by atoms with Gasteiger partial charge >= 0.3 is 12.1 Å². The lowest BCUT2D eigenvalue weighted by molar-refractivity contribution is -0.298. The van der Waals surface area contributed by atoms with E-state index in [0.717, 1.165) is 32.1 Å². The molecule has 0 aromatic rings. The summed E-state index contributed by atoms with van der Waals surface area (Å²) in [5, 5.41) is 9.62. The van der Waals surface area contributed by atoms with E-state index in [1.54, 1.807) is 0 Å². The Hall–Kier alpha value is -0.430. The van der Waals surface area contributed by atoms with E-state index in [4.69, 9.17) is 0 Å². The van der Waals surface area contributed by atoms with E-state index in [1.165, 1.54) is 0 Å². The number of halogens is 5. The Balaban J connectivity index is 2.28. The molecule has 0 bridgehead atoms. The second kappa shape index (κ2) is 6.14. The lowest BCUT2D eigenvalue weighted by Crippen LogP contribution is -2.41. The first-order valence-electron chi connectivity index (χ1n) is 5.94. The van der Waals surface area contributed by atoms with Crippen molar-refractivity contribution in [1.29, 1.82) is 0 Å². The zero-order chi connectivity index (χ0) is 13.8. The van der Waals surface area contributed by atoms with Crippen LogP contribution in [0.25, 0.3) is 0 Å². The van der Waals surface area contributed by atoms with Crippen LogP contribution in [0.2, 0.25) is 0 Å². The van der Waals surface area contributed by atoms with Crippen molar-refractivity contribution in [2.24, 2.45) is 5.92 Å². The quantitative estimate of drug-likeness (QED) is 0.782. The SMILES string of the molecule is OC(COCC(F)(F)C(F)(F)F)C1CCCCC1. The Morgan fingerprint density at radius 2 is 1.61 bits per heavy atom. The molecule has 108 valence electrons. The molecule has 0 radical (unpaired) electrons. The molecular formula is C11H17F5O2. The molecular weight excluding hydrogens is 259 g/mol. The summed E-state index contributed by atoms with van der Waals surface area (Å²) in [6.07, 6.45) is -2.09. The standard InChI is InChI=1S/C11H17F5O2/c12-10(13,11(14,15)16)7-18-6-9(17)8-4-2-1-3-5-8/h8-9,17H,1-7H2. The van der Waals surface area contributed by atoms with Crippen LogP contribution in [0.3, 0.4) is 0 Å². The minimum absolute atomic E-state index is 0.0572. The first-order valence-corrected chi connectivity index (χ1v) is 5.94. The van der Waals surface area contributed by atoms with E-state index in [-0.39, 0.29) is 5.92 Å². The number of ether oxygens (including phenoxy) is 1. The van der Waals surface area contributed by atoms with Gasteiger partial charge < -0.3 is 9.84 Å². The molecule has 1 atom stereocenters. The Bertz CT molecular complexity index is 248. The van der Waals surface area contributed by atoms with Crippen molar-refractivity contribution in [3.05, 3.63) is 0 Å². The molecule has 1 saturated carbocycles. The van der Waals surface area contributed by atoms with Crippen molar-refractivity contribution in [3.8, 4) is 0 Å². The van der Waals surface area contributed by atoms with E-state index in [9.17, 15) is 27.1 Å². The van der Waals surface area contributed by atoms with Crippen LogP contribution >= 0.6 is 0 Å². The maximum Gasteiger partial charge on any atom is 0.455 e. The van der Waals surface area contributed by atoms with Gasteiger partial charge in [-0.1, -0.05) is 19.3 Å². The van der Waals surface area contributed by atoms with Crippen LogP contribution in [-0.4, -0.2) is 36.5 Å². The lowest BCUT2D eigenvalue weighted by Gasteiger charge is -2.27. The Morgan fingerprint density at radius 1 is 1.06 bits per heavy atom. The zero-order valence-corrected chi connectivity index (χ0v) is 9.85. The summed E-state index contributed by atoms with van der Waals surface area (Å²) >= 11 is 0. The summed E-state index contributed by atoms with van der Waals surface area (Å²) in [4.78, 5) is 0. The Morgan fingerprint density at radius 3 is 2.11 bits per heavy atom. The average molecular weight is 276 g/mol. The highest BCUT2D eigenvalue weighted by atomic mass is 19.4. The molecule has 7 heteroatoms. The second-order valence-electron chi connectivity index (χ2n) is 4.68. The third-order valence-electron chi connectivity index (χ3n) is 3.18. The number of rotatable bonds is 5. The highest BCUT2D eigenvalue weighted by Gasteiger charge is 2.57. The van der Waals surface area contributed by atoms with Gasteiger partial charge in [-0.2, -0.15) is 22.0 Å². The molecule has 0 heterocycles. The first kappa shape index (κ1) is 15.6. The fourth-order valence-corrected chi connectivity index (χ4v) is 2.04. The van der Waals surface area contributed by atoms with Crippen LogP contribution in [0.15, 0.2) is 0 Å². The van der Waals surface area contributed by atoms with Crippen LogP contribution in [0.4, 0.5) is 22.0 Å². The average Bonchev–Trinajstić information content (AvgIpc) is 2.28. The minimum atomic E-state index is -5.61. The summed E-state index contributed by atoms with van der Waals surface area (Å²) in [6, 6.07) is 0. The van der Waals surface area contributed by atoms with Crippen molar-refractivity contribution in [1.82, 2.24) is 0 Å². The summed E-state index contributed by atoms with van der Waals surface area (Å²) in [5.74, 6) is -4.92. The number of aliphatic hydroxyl groups is 1. The van der Waals surface area contributed by atoms with Gasteiger partial charge in [0.15, 0.2) is 0 Å². The monoisotopic (exact) mass is 276 g/mol. The highest BCUT2D eigenvalue weighted by Crippen LogP contribution is 2.35. The van der Waals surface area contributed by atoms with Gasteiger partial charge in [-0.25, -0.2) is 0 Å². The number of aliphatic hydroxyl groups excluding tert-OH is 1. The normalized spacial score (nSPS) is 21.0. The van der Waals surface area contributed by atoms with Gasteiger partial charge in [0, 0.05) is 0 Å². The third-order valence-corrected chi connectivity index (χ3v) is 3.18. The maximum atomic E-state index is 12.5. The lowest BCUT2D eigenvalue weighted by atomic mass is 9.85. The minimum Gasteiger partial charge on any atom is -0.390 e. The van der Waals surface area contributed by atoms with Crippen molar-refractivity contribution >= 4 is 0 Å². The molecule has 0 aliphatic heterocycles. The molecule has 0 aromatic heterocycles. The predicted molar refractivity (Wildman–Crippen MR) is 54.4 cm³/mol. The van der Waals surface area contributed by atoms with Crippen LogP contribution in [-0.2, 0) is 4.74 Å². The van der Waals surface area contributed by atoms with E-state index in [1.807, 2.05) is 0 Å². The Labute approximate surface area is 102 Å². The second-order valence-corrected chi connectivity index (χ2v) is 4.68. The van der Waals surface area contributed by atoms with Crippen LogP contribution in [0.5, 0.6) is 0 Å². The van der Waals surface area contributed by atoms with Crippen molar-refractivity contribution < 1.29 is 31.8 Å². The number of hydrogen-bond acceptors (Lipinski definition) is 2. The van der Waals surface area contributed by atoms with Crippen LogP contribution < -0.4 is 0 Å². The summed E-state index contributed by atoms with van der Waals surface area (Å²) < 4.78 is 64.8. The van der Waals surface area contributed by atoms with Gasteiger partial charge in [0.1, 0.15) is 6.61 Å². The molecule has 1 aliphatic carbocycles. The molecule has 0 amide bonds. The molecule has 0 saturated heterocycles. The highest BCUT2D eigenvalue weighted by molar-refractivity contribution is 4.76. The summed E-state index contributed by atoms with van der Waals surface area (Å²) in [7, 11) is 0. The van der Waals surface area contributed by atoms with E-state index in [2.05, 4.69) is 4.74 Å². The maximum absolute atomic E-state index is 12.5. The molecule has 1 fully saturated rings. The smallest absolute Gasteiger partial charge is 0.390 e. The van der Waals surface area contributed by atoms with Gasteiger partial charge in [0.2, 0.25) is 0 Å². The molecule has 1 unspecified atom stereocenters. The predicted octanol–water partition coefficient (Wildman–Crippen LogP) is 3.14. The molecule has 18 heavy (non-hydrogen) atoms. The number of hydrogen-bond donors (Lipinski definition) is 1. The van der Waals surface area contributed by atoms with Gasteiger partial charge in [-0.05, 0) is 18.8 Å². The van der Waals surface area contributed by atoms with E-state index >= 15 is 0 Å². The van der Waals surface area contributed by atoms with Crippen molar-refractivity contribution in [2.75, 3.05) is 13.2 Å². The van der Waals surface area contributed by atoms with Gasteiger partial charge in [0.25, 0.3) is 0 Å². The molecule has 1 rings (SSSR count). The molecule has 1 N–H and O–H groups in total. The van der Waals surface area contributed by atoms with Gasteiger partial charge in [-0.3, -0.25) is 0 Å². The largest absolute Gasteiger partial charge is 0.455 e. The van der Waals surface area contributed by atoms with E-state index < -0.39 is 31.4 Å². The fourth-order valence-electron chi connectivity index (χ4n) is 2.04. The summed E-state index contributed by atoms with van der Waals surface area (Å²) in [5.41, 5.74) is 0. The molecule has 0 aromatic carbocycles. The topological polar surface area (TPSA) is 29.5 Å². The van der Waals surface area contributed by atoms with Gasteiger partial charge in [-0.15, -0.1) is 0 Å². The van der Waals surface area contributed by atoms with E-state index in [0.29, 0.717) is 0 Å². The fraction of sp³-hybridized carbons (Fsp3) is 1.00. The zero-order valence-electron chi connectivity index (χ0n) is 9.85. The van der Waals surface area contributed by atoms with Crippen molar-refractivity contribution in [3.63, 3.8) is 0 Å². The van der Waals surface area contributed by atoms with Crippen LogP contribution in [0.1, 0.15) is 32.1 Å². The Kier molecular flexibility index (Phi) is 5.33. The molecule has 1 aliphatic rings. The van der Waals surface area contributed by atoms with Gasteiger partial charge in [0.05, 0.1) is 12.7 Å². The van der Waals surface area contributed by atoms with Crippen molar-refractivity contribution in [2.45, 2.75) is 50.3 Å². The molecule has 0 spiro atoms. The molecule has 2 nitrogen and oxygen atoms in total. The summed E-state index contributed by atoms with van der Waals surface area (Å²) in [6.45, 7) is -2.21.